The highest BCUT2D eigenvalue weighted by Crippen LogP contribution is 2.27. The van der Waals surface area contributed by atoms with E-state index in [1.54, 1.807) is 16.0 Å². The Labute approximate surface area is 148 Å². The number of hydrogen-bond donors (Lipinski definition) is 1. The number of anilines is 1. The fourth-order valence-electron chi connectivity index (χ4n) is 2.99. The zero-order chi connectivity index (χ0) is 16.6. The summed E-state index contributed by atoms with van der Waals surface area (Å²) in [5, 5.41) is 11.0. The van der Waals surface area contributed by atoms with E-state index in [2.05, 4.69) is 32.9 Å². The third-order valence-electron chi connectivity index (χ3n) is 4.24. The summed E-state index contributed by atoms with van der Waals surface area (Å²) in [6.45, 7) is 1.79. The molecular weight excluding hydrogens is 334 g/mol. The number of fused-ring (bicyclic) bond motifs is 2. The van der Waals surface area contributed by atoms with Crippen LogP contribution < -0.4 is 5.32 Å². The largest absolute Gasteiger partial charge is 0.370 e. The van der Waals surface area contributed by atoms with Crippen LogP contribution in [0.3, 0.4) is 0 Å². The summed E-state index contributed by atoms with van der Waals surface area (Å²) >= 11 is 1.72. The van der Waals surface area contributed by atoms with Gasteiger partial charge < -0.3 is 10.1 Å². The summed E-state index contributed by atoms with van der Waals surface area (Å²) in [4.78, 5) is 10.7. The van der Waals surface area contributed by atoms with E-state index in [0.717, 1.165) is 34.5 Å². The molecule has 3 aromatic heterocycles. The van der Waals surface area contributed by atoms with Crippen molar-refractivity contribution in [3.8, 4) is 5.95 Å². The number of benzene rings is 1. The highest BCUT2D eigenvalue weighted by molar-refractivity contribution is 7.09. The topological polar surface area (TPSA) is 64.9 Å². The molecule has 0 spiro atoms. The summed E-state index contributed by atoms with van der Waals surface area (Å²) in [6, 6.07) is 12.2. The number of aromatic nitrogens is 4. The third-order valence-corrected chi connectivity index (χ3v) is 5.12. The maximum absolute atomic E-state index is 5.58. The van der Waals surface area contributed by atoms with Crippen molar-refractivity contribution in [3.63, 3.8) is 0 Å². The van der Waals surface area contributed by atoms with Gasteiger partial charge in [0.25, 0.3) is 5.95 Å². The predicted octanol–water partition coefficient (Wildman–Crippen LogP) is 3.52. The predicted molar refractivity (Wildman–Crippen MR) is 96.8 cm³/mol. The highest BCUT2D eigenvalue weighted by atomic mass is 32.1. The Kier molecular flexibility index (Phi) is 3.46. The fourth-order valence-corrected chi connectivity index (χ4v) is 3.64. The second-order valence-electron chi connectivity index (χ2n) is 5.84. The van der Waals surface area contributed by atoms with Crippen molar-refractivity contribution in [1.29, 1.82) is 0 Å². The number of ether oxygens (including phenoxy) is 1. The molecule has 0 saturated carbocycles. The van der Waals surface area contributed by atoms with Gasteiger partial charge in [0.05, 0.1) is 37.2 Å². The lowest BCUT2D eigenvalue weighted by molar-refractivity contribution is 0.133. The van der Waals surface area contributed by atoms with Crippen molar-refractivity contribution in [2.45, 2.75) is 19.8 Å². The van der Waals surface area contributed by atoms with Crippen molar-refractivity contribution >= 4 is 28.1 Å². The van der Waals surface area contributed by atoms with Crippen LogP contribution in [0.1, 0.15) is 16.1 Å². The van der Waals surface area contributed by atoms with E-state index < -0.39 is 0 Å². The lowest BCUT2D eigenvalue weighted by atomic mass is 10.2. The Morgan fingerprint density at radius 3 is 3.00 bits per heavy atom. The van der Waals surface area contributed by atoms with Gasteiger partial charge in [0, 0.05) is 15.8 Å². The normalized spacial score (nSPS) is 13.3. The van der Waals surface area contributed by atoms with Crippen molar-refractivity contribution in [3.05, 3.63) is 64.1 Å². The van der Waals surface area contributed by atoms with Gasteiger partial charge >= 0.3 is 0 Å². The second-order valence-corrected chi connectivity index (χ2v) is 6.87. The average molecular weight is 349 g/mol. The third kappa shape index (κ3) is 2.57. The van der Waals surface area contributed by atoms with Crippen LogP contribution in [0.5, 0.6) is 0 Å². The first kappa shape index (κ1) is 14.6. The van der Waals surface area contributed by atoms with Gasteiger partial charge in [0.1, 0.15) is 5.82 Å². The van der Waals surface area contributed by atoms with Gasteiger partial charge in [-0.1, -0.05) is 24.3 Å². The second kappa shape index (κ2) is 5.94. The Balaban J connectivity index is 1.57. The Bertz CT molecular complexity index is 1040. The van der Waals surface area contributed by atoms with E-state index in [0.29, 0.717) is 19.2 Å². The van der Waals surface area contributed by atoms with E-state index >= 15 is 0 Å². The number of hydrogen-bond acceptors (Lipinski definition) is 6. The van der Waals surface area contributed by atoms with Crippen LogP contribution in [0.2, 0.25) is 0 Å². The summed E-state index contributed by atoms with van der Waals surface area (Å²) in [5.41, 5.74) is 2.96. The van der Waals surface area contributed by atoms with E-state index in [1.165, 1.54) is 4.88 Å². The maximum Gasteiger partial charge on any atom is 0.253 e. The number of nitrogens with zero attached hydrogens (tertiary/aromatic N) is 4. The van der Waals surface area contributed by atoms with Gasteiger partial charge in [-0.15, -0.1) is 11.3 Å². The zero-order valence-electron chi connectivity index (χ0n) is 13.3. The number of rotatable bonds is 4. The molecule has 0 unspecified atom stereocenters. The van der Waals surface area contributed by atoms with E-state index in [1.807, 2.05) is 30.5 Å². The van der Waals surface area contributed by atoms with Crippen molar-refractivity contribution in [1.82, 2.24) is 19.7 Å². The van der Waals surface area contributed by atoms with Crippen LogP contribution in [0.4, 0.5) is 5.82 Å². The first-order valence-electron chi connectivity index (χ1n) is 8.05. The van der Waals surface area contributed by atoms with Gasteiger partial charge in [-0.25, -0.2) is 4.98 Å². The van der Waals surface area contributed by atoms with Crippen molar-refractivity contribution < 1.29 is 4.74 Å². The number of para-hydroxylation sites is 1. The molecular formula is C18H15N5OS. The van der Waals surface area contributed by atoms with Gasteiger partial charge in [0.2, 0.25) is 0 Å². The molecule has 4 aromatic rings. The first-order valence-corrected chi connectivity index (χ1v) is 8.93. The minimum absolute atomic E-state index is 0.512. The monoisotopic (exact) mass is 349 g/mol. The Morgan fingerprint density at radius 2 is 2.08 bits per heavy atom. The van der Waals surface area contributed by atoms with Crippen LogP contribution in [0.25, 0.3) is 16.9 Å². The molecule has 0 aliphatic carbocycles. The first-order chi connectivity index (χ1) is 12.4. The van der Waals surface area contributed by atoms with Crippen molar-refractivity contribution in [2.24, 2.45) is 0 Å². The minimum Gasteiger partial charge on any atom is -0.370 e. The average Bonchev–Trinajstić information content (AvgIpc) is 3.38. The molecule has 124 valence electrons. The standard InChI is InChI=1S/C18H15N5OS/c1-2-6-16-12(4-1)8-20-23(16)18-21-15-11-24-10-14(15)17(22-18)19-9-13-5-3-7-25-13/h1-8H,9-11H2,(H,19,21,22). The summed E-state index contributed by atoms with van der Waals surface area (Å²) in [7, 11) is 0. The molecule has 1 aromatic carbocycles. The molecule has 0 atom stereocenters. The summed E-state index contributed by atoms with van der Waals surface area (Å²) in [6.07, 6.45) is 1.83. The van der Waals surface area contributed by atoms with Crippen LogP contribution in [0.15, 0.2) is 48.0 Å². The number of nitrogens with one attached hydrogen (secondary N) is 1. The molecule has 0 amide bonds. The van der Waals surface area contributed by atoms with Gasteiger partial charge in [0.15, 0.2) is 0 Å². The molecule has 0 bridgehead atoms. The Hall–Kier alpha value is -2.77. The van der Waals surface area contributed by atoms with E-state index in [4.69, 9.17) is 9.72 Å². The molecule has 1 N–H and O–H groups in total. The quantitative estimate of drug-likeness (QED) is 0.611. The molecule has 7 heteroatoms. The molecule has 0 fully saturated rings. The zero-order valence-corrected chi connectivity index (χ0v) is 14.2. The number of thiophene rings is 1. The van der Waals surface area contributed by atoms with Gasteiger partial charge in [-0.05, 0) is 17.5 Å². The molecule has 25 heavy (non-hydrogen) atoms. The lowest BCUT2D eigenvalue weighted by Crippen LogP contribution is -2.11. The van der Waals surface area contributed by atoms with Crippen LogP contribution in [-0.4, -0.2) is 19.7 Å². The summed E-state index contributed by atoms with van der Waals surface area (Å²) < 4.78 is 7.36. The lowest BCUT2D eigenvalue weighted by Gasteiger charge is -2.11. The summed E-state index contributed by atoms with van der Waals surface area (Å²) in [5.74, 6) is 1.39. The van der Waals surface area contributed by atoms with E-state index in [9.17, 15) is 0 Å². The van der Waals surface area contributed by atoms with Gasteiger partial charge in [-0.2, -0.15) is 14.8 Å². The van der Waals surface area contributed by atoms with Crippen LogP contribution >= 0.6 is 11.3 Å². The maximum atomic E-state index is 5.58. The smallest absolute Gasteiger partial charge is 0.253 e. The fraction of sp³-hybridized carbons (Fsp3) is 0.167. The highest BCUT2D eigenvalue weighted by Gasteiger charge is 2.21. The molecule has 5 rings (SSSR count). The van der Waals surface area contributed by atoms with Crippen LogP contribution in [-0.2, 0) is 24.5 Å². The molecule has 4 heterocycles. The molecule has 0 radical (unpaired) electrons. The minimum atomic E-state index is 0.512. The van der Waals surface area contributed by atoms with Crippen LogP contribution in [0, 0.1) is 0 Å². The molecule has 6 nitrogen and oxygen atoms in total. The Morgan fingerprint density at radius 1 is 1.12 bits per heavy atom. The SMILES string of the molecule is c1csc(CNc2nc(-n3ncc4ccccc43)nc3c2COC3)c1. The van der Waals surface area contributed by atoms with Gasteiger partial charge in [-0.3, -0.25) is 0 Å². The van der Waals surface area contributed by atoms with E-state index in [-0.39, 0.29) is 0 Å². The molecule has 1 aliphatic rings. The molecule has 0 saturated heterocycles. The van der Waals surface area contributed by atoms with Crippen molar-refractivity contribution in [2.75, 3.05) is 5.32 Å². The molecule has 1 aliphatic heterocycles.